The van der Waals surface area contributed by atoms with Gasteiger partial charge in [-0.3, -0.25) is 19.3 Å². The SMILES string of the molecule is Cc1ccc(-c2ccsc2C(=O)NCCN2C(=O)S/C(=C/c3ccc4c(c3)OCO4)C2=O)cc1. The summed E-state index contributed by atoms with van der Waals surface area (Å²) in [7, 11) is 0. The van der Waals surface area contributed by atoms with Crippen molar-refractivity contribution < 1.29 is 23.9 Å². The number of nitrogens with zero attached hydrogens (tertiary/aromatic N) is 1. The molecule has 3 heterocycles. The van der Waals surface area contributed by atoms with Crippen LogP contribution in [0.5, 0.6) is 11.5 Å². The first-order valence-electron chi connectivity index (χ1n) is 10.6. The molecular weight excluding hydrogens is 472 g/mol. The third-order valence-electron chi connectivity index (χ3n) is 5.42. The molecule has 0 radical (unpaired) electrons. The van der Waals surface area contributed by atoms with Gasteiger partial charge in [-0.2, -0.15) is 0 Å². The quantitative estimate of drug-likeness (QED) is 0.492. The number of carbonyl (C=O) groups excluding carboxylic acids is 3. The molecule has 0 unspecified atom stereocenters. The van der Waals surface area contributed by atoms with E-state index in [1.165, 1.54) is 11.3 Å². The van der Waals surface area contributed by atoms with E-state index in [0.29, 0.717) is 21.3 Å². The van der Waals surface area contributed by atoms with Crippen molar-refractivity contribution in [2.75, 3.05) is 19.9 Å². The molecule has 5 rings (SSSR count). The third-order valence-corrected chi connectivity index (χ3v) is 7.24. The molecule has 3 amide bonds. The van der Waals surface area contributed by atoms with Gasteiger partial charge in [0.15, 0.2) is 11.5 Å². The van der Waals surface area contributed by atoms with Crippen LogP contribution in [0.15, 0.2) is 58.8 Å². The average molecular weight is 493 g/mol. The van der Waals surface area contributed by atoms with Crippen molar-refractivity contribution in [2.45, 2.75) is 6.92 Å². The predicted octanol–water partition coefficient (Wildman–Crippen LogP) is 4.92. The van der Waals surface area contributed by atoms with Gasteiger partial charge in [-0.15, -0.1) is 11.3 Å². The second-order valence-electron chi connectivity index (χ2n) is 7.73. The highest BCUT2D eigenvalue weighted by Crippen LogP contribution is 2.36. The van der Waals surface area contributed by atoms with Gasteiger partial charge in [0.05, 0.1) is 9.78 Å². The number of hydrogen-bond donors (Lipinski definition) is 1. The number of aryl methyl sites for hydroxylation is 1. The Balaban J connectivity index is 1.21. The van der Waals surface area contributed by atoms with Crippen LogP contribution < -0.4 is 14.8 Å². The molecule has 1 fully saturated rings. The molecule has 172 valence electrons. The zero-order chi connectivity index (χ0) is 23.7. The smallest absolute Gasteiger partial charge is 0.293 e. The molecule has 1 saturated heterocycles. The number of fused-ring (bicyclic) bond motifs is 1. The van der Waals surface area contributed by atoms with Gasteiger partial charge in [-0.1, -0.05) is 35.9 Å². The lowest BCUT2D eigenvalue weighted by molar-refractivity contribution is -0.122. The van der Waals surface area contributed by atoms with Crippen LogP contribution >= 0.6 is 23.1 Å². The monoisotopic (exact) mass is 492 g/mol. The minimum absolute atomic E-state index is 0.0973. The number of thiophene rings is 1. The second kappa shape index (κ2) is 9.36. The first-order chi connectivity index (χ1) is 16.5. The maximum absolute atomic E-state index is 12.8. The van der Waals surface area contributed by atoms with Crippen molar-refractivity contribution in [2.24, 2.45) is 0 Å². The van der Waals surface area contributed by atoms with E-state index in [-0.39, 0.29) is 36.9 Å². The van der Waals surface area contributed by atoms with Gasteiger partial charge in [0, 0.05) is 18.7 Å². The molecule has 2 aliphatic rings. The van der Waals surface area contributed by atoms with Gasteiger partial charge >= 0.3 is 0 Å². The van der Waals surface area contributed by atoms with Crippen LogP contribution in [0.2, 0.25) is 0 Å². The molecule has 0 atom stereocenters. The summed E-state index contributed by atoms with van der Waals surface area (Å²) in [6.07, 6.45) is 1.66. The molecular formula is C25H20N2O5S2. The maximum Gasteiger partial charge on any atom is 0.293 e. The van der Waals surface area contributed by atoms with Crippen LogP contribution in [0, 0.1) is 6.92 Å². The van der Waals surface area contributed by atoms with E-state index in [1.807, 2.05) is 42.6 Å². The summed E-state index contributed by atoms with van der Waals surface area (Å²) < 4.78 is 10.7. The Morgan fingerprint density at radius 3 is 2.71 bits per heavy atom. The zero-order valence-electron chi connectivity index (χ0n) is 18.2. The van der Waals surface area contributed by atoms with E-state index < -0.39 is 0 Å². The van der Waals surface area contributed by atoms with Crippen molar-refractivity contribution in [3.63, 3.8) is 0 Å². The minimum atomic E-state index is -0.376. The van der Waals surface area contributed by atoms with Gasteiger partial charge in [0.2, 0.25) is 6.79 Å². The summed E-state index contributed by atoms with van der Waals surface area (Å²) in [5.74, 6) is 0.651. The van der Waals surface area contributed by atoms with Gasteiger partial charge in [0.25, 0.3) is 17.1 Å². The lowest BCUT2D eigenvalue weighted by Crippen LogP contribution is -2.37. The number of hydrogen-bond acceptors (Lipinski definition) is 7. The first kappa shape index (κ1) is 22.2. The molecule has 0 aliphatic carbocycles. The third kappa shape index (κ3) is 4.44. The molecule has 1 aromatic heterocycles. The number of amides is 3. The second-order valence-corrected chi connectivity index (χ2v) is 9.64. The van der Waals surface area contributed by atoms with Gasteiger partial charge in [-0.05, 0) is 59.5 Å². The largest absolute Gasteiger partial charge is 0.454 e. The number of imide groups is 1. The first-order valence-corrected chi connectivity index (χ1v) is 12.3. The Morgan fingerprint density at radius 2 is 1.88 bits per heavy atom. The summed E-state index contributed by atoms with van der Waals surface area (Å²) in [6.45, 7) is 2.44. The number of rotatable bonds is 6. The number of carbonyl (C=O) groups is 3. The highest BCUT2D eigenvalue weighted by atomic mass is 32.2. The number of benzene rings is 2. The van der Waals surface area contributed by atoms with E-state index in [2.05, 4.69) is 5.32 Å². The summed E-state index contributed by atoms with van der Waals surface area (Å²) in [4.78, 5) is 40.0. The molecule has 1 N–H and O–H groups in total. The van der Waals surface area contributed by atoms with E-state index in [4.69, 9.17) is 9.47 Å². The molecule has 2 aromatic carbocycles. The average Bonchev–Trinajstić information content (AvgIpc) is 3.55. The molecule has 9 heteroatoms. The Kier molecular flexibility index (Phi) is 6.12. The summed E-state index contributed by atoms with van der Waals surface area (Å²) in [6, 6.07) is 15.2. The number of nitrogens with one attached hydrogen (secondary N) is 1. The molecule has 0 saturated carbocycles. The molecule has 34 heavy (non-hydrogen) atoms. The molecule has 3 aromatic rings. The fourth-order valence-corrected chi connectivity index (χ4v) is 5.35. The van der Waals surface area contributed by atoms with Gasteiger partial charge < -0.3 is 14.8 Å². The lowest BCUT2D eigenvalue weighted by atomic mass is 10.0. The highest BCUT2D eigenvalue weighted by molar-refractivity contribution is 8.18. The highest BCUT2D eigenvalue weighted by Gasteiger charge is 2.34. The standard InChI is InChI=1S/C25H20N2O5S2/c1-15-2-5-17(6-3-15)18-8-11-33-22(18)23(28)26-9-10-27-24(29)21(34-25(27)30)13-16-4-7-19-20(12-16)32-14-31-19/h2-8,11-13H,9-10,14H2,1H3,(H,26,28)/b21-13+. The molecule has 2 aliphatic heterocycles. The Bertz CT molecular complexity index is 1310. The van der Waals surface area contributed by atoms with Crippen molar-refractivity contribution >= 4 is 46.2 Å². The normalized spacial score (nSPS) is 15.9. The van der Waals surface area contributed by atoms with Gasteiger partial charge in [-0.25, -0.2) is 0 Å². The van der Waals surface area contributed by atoms with Crippen LogP contribution in [0.1, 0.15) is 20.8 Å². The van der Waals surface area contributed by atoms with Crippen LogP contribution in [0.4, 0.5) is 4.79 Å². The number of thioether (sulfide) groups is 1. The Hall–Kier alpha value is -3.56. The van der Waals surface area contributed by atoms with E-state index >= 15 is 0 Å². The van der Waals surface area contributed by atoms with Crippen molar-refractivity contribution in [1.29, 1.82) is 0 Å². The number of ether oxygens (including phenoxy) is 2. The lowest BCUT2D eigenvalue weighted by Gasteiger charge is -2.13. The van der Waals surface area contributed by atoms with Crippen LogP contribution in [-0.4, -0.2) is 41.8 Å². The topological polar surface area (TPSA) is 84.9 Å². The van der Waals surface area contributed by atoms with E-state index in [9.17, 15) is 14.4 Å². The Labute approximate surface area is 204 Å². The van der Waals surface area contributed by atoms with Crippen molar-refractivity contribution in [3.05, 3.63) is 74.8 Å². The molecule has 0 spiro atoms. The fourth-order valence-electron chi connectivity index (χ4n) is 3.65. The fraction of sp³-hybridized carbons (Fsp3) is 0.160. The summed E-state index contributed by atoms with van der Waals surface area (Å²) in [5, 5.41) is 4.35. The van der Waals surface area contributed by atoms with E-state index in [0.717, 1.165) is 38.9 Å². The van der Waals surface area contributed by atoms with Crippen molar-refractivity contribution in [1.82, 2.24) is 10.2 Å². The zero-order valence-corrected chi connectivity index (χ0v) is 19.8. The van der Waals surface area contributed by atoms with E-state index in [1.54, 1.807) is 24.3 Å². The summed E-state index contributed by atoms with van der Waals surface area (Å²) >= 11 is 2.24. The van der Waals surface area contributed by atoms with Gasteiger partial charge in [0.1, 0.15) is 0 Å². The molecule has 7 nitrogen and oxygen atoms in total. The molecule has 0 bridgehead atoms. The van der Waals surface area contributed by atoms with Crippen LogP contribution in [-0.2, 0) is 4.79 Å². The Morgan fingerprint density at radius 1 is 1.09 bits per heavy atom. The maximum atomic E-state index is 12.8. The van der Waals surface area contributed by atoms with Crippen molar-refractivity contribution in [3.8, 4) is 22.6 Å². The van der Waals surface area contributed by atoms with Crippen LogP contribution in [0.3, 0.4) is 0 Å². The van der Waals surface area contributed by atoms with Crippen LogP contribution in [0.25, 0.3) is 17.2 Å². The predicted molar refractivity (Wildman–Crippen MR) is 132 cm³/mol. The summed E-state index contributed by atoms with van der Waals surface area (Å²) in [5.41, 5.74) is 3.72. The minimum Gasteiger partial charge on any atom is -0.454 e.